The SMILES string of the molecule is CC(C)CC(C)(C(=O)OCC[NH+](C)C)C(C)C. The predicted octanol–water partition coefficient (Wildman–Crippen LogP) is 1.38. The Hall–Kier alpha value is -0.570. The van der Waals surface area contributed by atoms with Crippen LogP contribution in [-0.4, -0.2) is 33.2 Å². The fourth-order valence-corrected chi connectivity index (χ4v) is 1.92. The minimum absolute atomic E-state index is 0.0394. The molecule has 0 amide bonds. The van der Waals surface area contributed by atoms with Gasteiger partial charge in [0.05, 0.1) is 19.5 Å². The van der Waals surface area contributed by atoms with Gasteiger partial charge in [0.25, 0.3) is 0 Å². The first kappa shape index (κ1) is 16.4. The molecule has 102 valence electrons. The van der Waals surface area contributed by atoms with Crippen molar-refractivity contribution in [2.24, 2.45) is 17.3 Å². The van der Waals surface area contributed by atoms with E-state index in [9.17, 15) is 4.79 Å². The first-order chi connectivity index (χ1) is 7.70. The maximum absolute atomic E-state index is 12.2. The molecule has 17 heavy (non-hydrogen) atoms. The summed E-state index contributed by atoms with van der Waals surface area (Å²) < 4.78 is 5.42. The van der Waals surface area contributed by atoms with Crippen molar-refractivity contribution in [1.29, 1.82) is 0 Å². The highest BCUT2D eigenvalue weighted by molar-refractivity contribution is 5.76. The highest BCUT2D eigenvalue weighted by atomic mass is 16.5. The molecule has 0 saturated heterocycles. The number of ether oxygens (including phenoxy) is 1. The van der Waals surface area contributed by atoms with E-state index in [0.29, 0.717) is 18.4 Å². The maximum Gasteiger partial charge on any atom is 0.312 e. The monoisotopic (exact) mass is 244 g/mol. The highest BCUT2D eigenvalue weighted by Gasteiger charge is 2.38. The Morgan fingerprint density at radius 2 is 1.76 bits per heavy atom. The lowest BCUT2D eigenvalue weighted by molar-refractivity contribution is -0.858. The van der Waals surface area contributed by atoms with E-state index in [1.165, 1.54) is 4.90 Å². The molecule has 0 aliphatic carbocycles. The van der Waals surface area contributed by atoms with Crippen molar-refractivity contribution in [3.8, 4) is 0 Å². The minimum Gasteiger partial charge on any atom is -0.459 e. The molecule has 0 spiro atoms. The third-order valence-corrected chi connectivity index (χ3v) is 3.41. The summed E-state index contributed by atoms with van der Waals surface area (Å²) in [4.78, 5) is 13.5. The lowest BCUT2D eigenvalue weighted by Gasteiger charge is -2.32. The van der Waals surface area contributed by atoms with Gasteiger partial charge in [-0.15, -0.1) is 0 Å². The smallest absolute Gasteiger partial charge is 0.312 e. The molecule has 0 aliphatic heterocycles. The molecule has 1 unspecified atom stereocenters. The number of nitrogens with one attached hydrogen (secondary N) is 1. The number of likely N-dealkylation sites (N-methyl/N-ethyl adjacent to an activating group) is 1. The highest BCUT2D eigenvalue weighted by Crippen LogP contribution is 2.35. The Balaban J connectivity index is 4.44. The average Bonchev–Trinajstić information content (AvgIpc) is 2.15. The van der Waals surface area contributed by atoms with E-state index >= 15 is 0 Å². The summed E-state index contributed by atoms with van der Waals surface area (Å²) in [7, 11) is 4.12. The molecule has 0 radical (unpaired) electrons. The second-order valence-corrected chi connectivity index (χ2v) is 6.26. The first-order valence-corrected chi connectivity index (χ1v) is 6.66. The van der Waals surface area contributed by atoms with Gasteiger partial charge in [-0.3, -0.25) is 4.79 Å². The van der Waals surface area contributed by atoms with E-state index in [0.717, 1.165) is 13.0 Å². The maximum atomic E-state index is 12.2. The Bertz CT molecular complexity index is 236. The van der Waals surface area contributed by atoms with Crippen molar-refractivity contribution in [2.75, 3.05) is 27.2 Å². The summed E-state index contributed by atoms with van der Waals surface area (Å²) in [6, 6.07) is 0. The summed E-state index contributed by atoms with van der Waals surface area (Å²) in [6.07, 6.45) is 0.887. The molecule has 0 aliphatic rings. The largest absolute Gasteiger partial charge is 0.459 e. The van der Waals surface area contributed by atoms with Crippen molar-refractivity contribution < 1.29 is 14.4 Å². The van der Waals surface area contributed by atoms with Crippen LogP contribution < -0.4 is 4.90 Å². The average molecular weight is 244 g/mol. The zero-order valence-corrected chi connectivity index (χ0v) is 12.6. The van der Waals surface area contributed by atoms with E-state index < -0.39 is 0 Å². The molecular formula is C14H30NO2+. The topological polar surface area (TPSA) is 30.7 Å². The standard InChI is InChI=1S/C14H29NO2/c1-11(2)10-14(5,12(3)4)13(16)17-9-8-15(6)7/h11-12H,8-10H2,1-7H3/p+1. The number of hydrogen-bond acceptors (Lipinski definition) is 2. The Kier molecular flexibility index (Phi) is 6.76. The van der Waals surface area contributed by atoms with Gasteiger partial charge in [-0.05, 0) is 25.2 Å². The number of hydrogen-bond donors (Lipinski definition) is 1. The third-order valence-electron chi connectivity index (χ3n) is 3.41. The molecule has 0 rings (SSSR count). The molecule has 0 fully saturated rings. The number of carbonyl (C=O) groups excluding carboxylic acids is 1. The number of rotatable bonds is 7. The van der Waals surface area contributed by atoms with Crippen LogP contribution >= 0.6 is 0 Å². The van der Waals surface area contributed by atoms with Crippen molar-refractivity contribution in [2.45, 2.75) is 41.0 Å². The summed E-state index contributed by atoms with van der Waals surface area (Å²) >= 11 is 0. The van der Waals surface area contributed by atoms with Crippen LogP contribution in [0.5, 0.6) is 0 Å². The zero-order chi connectivity index (χ0) is 13.6. The minimum atomic E-state index is -0.351. The molecule has 1 N–H and O–H groups in total. The van der Waals surface area contributed by atoms with E-state index in [4.69, 9.17) is 4.74 Å². The zero-order valence-electron chi connectivity index (χ0n) is 12.6. The van der Waals surface area contributed by atoms with E-state index in [1.807, 2.05) is 6.92 Å². The Morgan fingerprint density at radius 1 is 1.24 bits per heavy atom. The second-order valence-electron chi connectivity index (χ2n) is 6.26. The van der Waals surface area contributed by atoms with Crippen molar-refractivity contribution in [1.82, 2.24) is 0 Å². The van der Waals surface area contributed by atoms with Crippen molar-refractivity contribution in [3.63, 3.8) is 0 Å². The predicted molar refractivity (Wildman–Crippen MR) is 71.0 cm³/mol. The van der Waals surface area contributed by atoms with Crippen LogP contribution in [0.2, 0.25) is 0 Å². The number of carbonyl (C=O) groups is 1. The van der Waals surface area contributed by atoms with Gasteiger partial charge in [-0.2, -0.15) is 0 Å². The van der Waals surface area contributed by atoms with Gasteiger partial charge < -0.3 is 9.64 Å². The summed E-state index contributed by atoms with van der Waals surface area (Å²) in [5.41, 5.74) is -0.351. The van der Waals surface area contributed by atoms with Crippen molar-refractivity contribution in [3.05, 3.63) is 0 Å². The fourth-order valence-electron chi connectivity index (χ4n) is 1.92. The molecule has 0 saturated carbocycles. The lowest BCUT2D eigenvalue weighted by Crippen LogP contribution is -3.06. The molecule has 1 atom stereocenters. The van der Waals surface area contributed by atoms with E-state index in [1.54, 1.807) is 0 Å². The molecule has 0 heterocycles. The lowest BCUT2D eigenvalue weighted by atomic mass is 9.73. The van der Waals surface area contributed by atoms with Crippen LogP contribution in [0.15, 0.2) is 0 Å². The molecule has 0 bridgehead atoms. The van der Waals surface area contributed by atoms with Crippen LogP contribution in [0.3, 0.4) is 0 Å². The summed E-state index contributed by atoms with van der Waals surface area (Å²) in [5, 5.41) is 0. The van der Waals surface area contributed by atoms with Gasteiger partial charge in [0.15, 0.2) is 0 Å². The van der Waals surface area contributed by atoms with Crippen LogP contribution in [0.4, 0.5) is 0 Å². The van der Waals surface area contributed by atoms with Crippen LogP contribution in [-0.2, 0) is 9.53 Å². The van der Waals surface area contributed by atoms with Crippen LogP contribution in [0, 0.1) is 17.3 Å². The van der Waals surface area contributed by atoms with Gasteiger partial charge in [-0.1, -0.05) is 27.7 Å². The molecule has 0 aromatic carbocycles. The quantitative estimate of drug-likeness (QED) is 0.686. The molecular weight excluding hydrogens is 214 g/mol. The molecule has 3 heteroatoms. The van der Waals surface area contributed by atoms with Gasteiger partial charge in [0.2, 0.25) is 0 Å². The number of esters is 1. The van der Waals surface area contributed by atoms with E-state index in [2.05, 4.69) is 41.8 Å². The van der Waals surface area contributed by atoms with E-state index in [-0.39, 0.29) is 11.4 Å². The van der Waals surface area contributed by atoms with Crippen molar-refractivity contribution >= 4 is 5.97 Å². The molecule has 0 aromatic heterocycles. The van der Waals surface area contributed by atoms with Gasteiger partial charge >= 0.3 is 5.97 Å². The number of quaternary nitrogens is 1. The van der Waals surface area contributed by atoms with Gasteiger partial charge in [0, 0.05) is 0 Å². The summed E-state index contributed by atoms with van der Waals surface area (Å²) in [6.45, 7) is 11.9. The Labute approximate surface area is 107 Å². The Morgan fingerprint density at radius 3 is 2.12 bits per heavy atom. The normalized spacial score (nSPS) is 15.4. The van der Waals surface area contributed by atoms with Gasteiger partial charge in [0.1, 0.15) is 13.2 Å². The second kappa shape index (κ2) is 7.00. The fraction of sp³-hybridized carbons (Fsp3) is 0.929. The van der Waals surface area contributed by atoms with Crippen LogP contribution in [0.1, 0.15) is 41.0 Å². The van der Waals surface area contributed by atoms with Crippen LogP contribution in [0.25, 0.3) is 0 Å². The molecule has 0 aromatic rings. The summed E-state index contributed by atoms with van der Waals surface area (Å²) in [5.74, 6) is 0.779. The third kappa shape index (κ3) is 5.53. The molecule has 3 nitrogen and oxygen atoms in total. The van der Waals surface area contributed by atoms with Gasteiger partial charge in [-0.25, -0.2) is 0 Å². The first-order valence-electron chi connectivity index (χ1n) is 6.66.